The van der Waals surface area contributed by atoms with Crippen LogP contribution in [0.3, 0.4) is 0 Å². The molecule has 0 saturated heterocycles. The molecular formula is C18H18F3NO5. The maximum Gasteiger partial charge on any atom is 0.416 e. The van der Waals surface area contributed by atoms with E-state index >= 15 is 0 Å². The van der Waals surface area contributed by atoms with Crippen LogP contribution >= 0.6 is 0 Å². The summed E-state index contributed by atoms with van der Waals surface area (Å²) < 4.78 is 42.8. The minimum Gasteiger partial charge on any atom is -0.497 e. The fraction of sp³-hybridized carbons (Fsp3) is 0.222. The smallest absolute Gasteiger partial charge is 0.416 e. The number of rotatable bonds is 5. The van der Waals surface area contributed by atoms with E-state index < -0.39 is 23.7 Å². The largest absolute Gasteiger partial charge is 0.497 e. The Balaban J connectivity index is 0.000000527. The third kappa shape index (κ3) is 8.23. The van der Waals surface area contributed by atoms with Crippen LogP contribution in [0.15, 0.2) is 48.5 Å². The predicted molar refractivity (Wildman–Crippen MR) is 90.3 cm³/mol. The summed E-state index contributed by atoms with van der Waals surface area (Å²) in [5, 5.41) is 17.9. The van der Waals surface area contributed by atoms with E-state index in [1.165, 1.54) is 12.1 Å². The second kappa shape index (κ2) is 10.2. The maximum atomic E-state index is 12.6. The zero-order valence-electron chi connectivity index (χ0n) is 14.3. The molecule has 0 bridgehead atoms. The number of hydrogen-bond acceptors (Lipinski definition) is 4. The molecule has 0 aliphatic carbocycles. The van der Waals surface area contributed by atoms with Crippen LogP contribution in [0.25, 0.3) is 0 Å². The topological polar surface area (TPSA) is 95.9 Å². The van der Waals surface area contributed by atoms with Gasteiger partial charge >= 0.3 is 18.1 Å². The number of alkyl halides is 3. The highest BCUT2D eigenvalue weighted by Crippen LogP contribution is 2.29. The maximum absolute atomic E-state index is 12.6. The molecule has 0 aliphatic heterocycles. The highest BCUT2D eigenvalue weighted by molar-refractivity contribution is 6.27. The van der Waals surface area contributed by atoms with E-state index in [0.717, 1.165) is 17.4 Å². The summed E-state index contributed by atoms with van der Waals surface area (Å²) in [6, 6.07) is 12.9. The molecule has 0 amide bonds. The highest BCUT2D eigenvalue weighted by atomic mass is 19.4. The average Bonchev–Trinajstić information content (AvgIpc) is 2.62. The van der Waals surface area contributed by atoms with Crippen LogP contribution in [-0.2, 0) is 28.9 Å². The van der Waals surface area contributed by atoms with Gasteiger partial charge in [0.05, 0.1) is 12.7 Å². The summed E-state index contributed by atoms with van der Waals surface area (Å²) in [5.74, 6) is -2.87. The fourth-order valence-corrected chi connectivity index (χ4v) is 1.95. The molecule has 0 aliphatic rings. The van der Waals surface area contributed by atoms with Crippen molar-refractivity contribution in [2.24, 2.45) is 0 Å². The van der Waals surface area contributed by atoms with E-state index in [0.29, 0.717) is 18.7 Å². The lowest BCUT2D eigenvalue weighted by Gasteiger charge is -2.10. The molecular weight excluding hydrogens is 367 g/mol. The van der Waals surface area contributed by atoms with Crippen LogP contribution in [-0.4, -0.2) is 29.3 Å². The van der Waals surface area contributed by atoms with Crippen molar-refractivity contribution in [1.29, 1.82) is 0 Å². The highest BCUT2D eigenvalue weighted by Gasteiger charge is 2.30. The minimum atomic E-state index is -4.30. The van der Waals surface area contributed by atoms with E-state index in [4.69, 9.17) is 24.5 Å². The molecule has 0 unspecified atom stereocenters. The van der Waals surface area contributed by atoms with Crippen molar-refractivity contribution in [2.45, 2.75) is 19.3 Å². The Labute approximate surface area is 153 Å². The van der Waals surface area contributed by atoms with Gasteiger partial charge < -0.3 is 20.3 Å². The van der Waals surface area contributed by atoms with Crippen molar-refractivity contribution in [3.8, 4) is 5.75 Å². The standard InChI is InChI=1S/C16H16F3NO.C2H2O4/c1-21-15-7-5-12(6-8-15)10-20-11-13-3-2-4-14(9-13)16(17,18)19;3-1(4)2(5)6/h2-9,20H,10-11H2,1H3;(H,3,4)(H,5,6). The predicted octanol–water partition coefficient (Wildman–Crippen LogP) is 3.16. The molecule has 2 aromatic carbocycles. The molecule has 9 heteroatoms. The van der Waals surface area contributed by atoms with Gasteiger partial charge in [0.2, 0.25) is 0 Å². The van der Waals surface area contributed by atoms with Gasteiger partial charge in [0, 0.05) is 13.1 Å². The van der Waals surface area contributed by atoms with Crippen molar-refractivity contribution >= 4 is 11.9 Å². The van der Waals surface area contributed by atoms with Gasteiger partial charge in [-0.1, -0.05) is 30.3 Å². The molecule has 0 aromatic heterocycles. The third-order valence-electron chi connectivity index (χ3n) is 3.25. The summed E-state index contributed by atoms with van der Waals surface area (Å²) >= 11 is 0. The van der Waals surface area contributed by atoms with Crippen molar-refractivity contribution in [3.63, 3.8) is 0 Å². The van der Waals surface area contributed by atoms with Gasteiger partial charge in [-0.15, -0.1) is 0 Å². The first-order valence-corrected chi connectivity index (χ1v) is 7.59. The van der Waals surface area contributed by atoms with Crippen LogP contribution in [0.4, 0.5) is 13.2 Å². The number of halogens is 3. The monoisotopic (exact) mass is 385 g/mol. The van der Waals surface area contributed by atoms with Crippen LogP contribution in [0, 0.1) is 0 Å². The molecule has 27 heavy (non-hydrogen) atoms. The van der Waals surface area contributed by atoms with Crippen LogP contribution in [0.2, 0.25) is 0 Å². The van der Waals surface area contributed by atoms with Crippen molar-refractivity contribution in [3.05, 3.63) is 65.2 Å². The molecule has 0 atom stereocenters. The Morgan fingerprint density at radius 2 is 1.52 bits per heavy atom. The number of benzene rings is 2. The molecule has 3 N–H and O–H groups in total. The van der Waals surface area contributed by atoms with Crippen LogP contribution in [0.1, 0.15) is 16.7 Å². The zero-order valence-corrected chi connectivity index (χ0v) is 14.3. The number of ether oxygens (including phenoxy) is 1. The Morgan fingerprint density at radius 1 is 0.963 bits per heavy atom. The lowest BCUT2D eigenvalue weighted by molar-refractivity contribution is -0.159. The Kier molecular flexibility index (Phi) is 8.28. The number of aliphatic carboxylic acids is 2. The number of carboxylic acids is 2. The molecule has 0 heterocycles. The number of hydrogen-bond donors (Lipinski definition) is 3. The van der Waals surface area contributed by atoms with E-state index in [1.54, 1.807) is 13.2 Å². The van der Waals surface area contributed by atoms with Crippen LogP contribution < -0.4 is 10.1 Å². The van der Waals surface area contributed by atoms with Gasteiger partial charge in [0.15, 0.2) is 0 Å². The van der Waals surface area contributed by atoms with E-state index in [2.05, 4.69) is 5.32 Å². The minimum absolute atomic E-state index is 0.385. The lowest BCUT2D eigenvalue weighted by Crippen LogP contribution is -2.13. The molecule has 6 nitrogen and oxygen atoms in total. The Bertz CT molecular complexity index is 748. The summed E-state index contributed by atoms with van der Waals surface area (Å²) in [4.78, 5) is 18.2. The van der Waals surface area contributed by atoms with Gasteiger partial charge in [-0.25, -0.2) is 9.59 Å². The van der Waals surface area contributed by atoms with E-state index in [-0.39, 0.29) is 0 Å². The first-order valence-electron chi connectivity index (χ1n) is 7.59. The molecule has 0 radical (unpaired) electrons. The number of carbonyl (C=O) groups is 2. The number of carboxylic acid groups (broad SMARTS) is 2. The first kappa shape index (κ1) is 22.0. The van der Waals surface area contributed by atoms with Gasteiger partial charge in [0.25, 0.3) is 0 Å². The van der Waals surface area contributed by atoms with Crippen molar-refractivity contribution in [2.75, 3.05) is 7.11 Å². The lowest BCUT2D eigenvalue weighted by atomic mass is 10.1. The molecule has 0 fully saturated rings. The molecule has 0 saturated carbocycles. The third-order valence-corrected chi connectivity index (χ3v) is 3.25. The second-order valence-corrected chi connectivity index (χ2v) is 5.26. The Morgan fingerprint density at radius 3 is 2.00 bits per heavy atom. The zero-order chi connectivity index (χ0) is 20.4. The fourth-order valence-electron chi connectivity index (χ4n) is 1.95. The van der Waals surface area contributed by atoms with Crippen LogP contribution in [0.5, 0.6) is 5.75 Å². The summed E-state index contributed by atoms with van der Waals surface area (Å²) in [6.45, 7) is 0.968. The van der Waals surface area contributed by atoms with Gasteiger partial charge in [0.1, 0.15) is 5.75 Å². The molecule has 146 valence electrons. The summed E-state index contributed by atoms with van der Waals surface area (Å²) in [7, 11) is 1.60. The quantitative estimate of drug-likeness (QED) is 0.685. The molecule has 2 rings (SSSR count). The molecule has 0 spiro atoms. The second-order valence-electron chi connectivity index (χ2n) is 5.26. The number of nitrogens with one attached hydrogen (secondary N) is 1. The number of methoxy groups -OCH3 is 1. The van der Waals surface area contributed by atoms with Gasteiger partial charge in [-0.3, -0.25) is 0 Å². The normalized spacial score (nSPS) is 10.5. The van der Waals surface area contributed by atoms with Gasteiger partial charge in [-0.2, -0.15) is 13.2 Å². The average molecular weight is 385 g/mol. The van der Waals surface area contributed by atoms with E-state index in [9.17, 15) is 13.2 Å². The SMILES string of the molecule is COc1ccc(CNCc2cccc(C(F)(F)F)c2)cc1.O=C(O)C(=O)O. The van der Waals surface area contributed by atoms with Gasteiger partial charge in [-0.05, 0) is 29.3 Å². The summed E-state index contributed by atoms with van der Waals surface area (Å²) in [6.07, 6.45) is -4.30. The summed E-state index contributed by atoms with van der Waals surface area (Å²) in [5.41, 5.74) is 1.03. The Hall–Kier alpha value is -3.07. The first-order chi connectivity index (χ1) is 12.6. The van der Waals surface area contributed by atoms with E-state index in [1.807, 2.05) is 24.3 Å². The van der Waals surface area contributed by atoms with Crippen molar-refractivity contribution < 1.29 is 37.7 Å². The van der Waals surface area contributed by atoms with Crippen molar-refractivity contribution in [1.82, 2.24) is 5.32 Å². The molecule has 2 aromatic rings.